The first-order chi connectivity index (χ1) is 9.19. The third-order valence-electron chi connectivity index (χ3n) is 2.46. The third kappa shape index (κ3) is 5.42. The van der Waals surface area contributed by atoms with Crippen molar-refractivity contribution in [3.8, 4) is 11.5 Å². The van der Waals surface area contributed by atoms with Gasteiger partial charge in [-0.3, -0.25) is 0 Å². The number of para-hydroxylation sites is 1. The molecule has 0 unspecified atom stereocenters. The second-order valence-electron chi connectivity index (χ2n) is 4.06. The highest BCUT2D eigenvalue weighted by atomic mass is 19.3. The van der Waals surface area contributed by atoms with Crippen molar-refractivity contribution >= 4 is 0 Å². The molecule has 1 rings (SSSR count). The van der Waals surface area contributed by atoms with E-state index in [1.807, 2.05) is 19.1 Å². The monoisotopic (exact) mass is 273 g/mol. The lowest BCUT2D eigenvalue weighted by Crippen LogP contribution is -2.16. The standard InChI is InChI=1S/C14H21F2NO2/c1-3-8-17-9-11-6-5-7-12(18-4-2)14(11)19-10-13(15)16/h5-7,13,17H,3-4,8-10H2,1-2H3. The van der Waals surface area contributed by atoms with E-state index in [4.69, 9.17) is 9.47 Å². The maximum Gasteiger partial charge on any atom is 0.272 e. The molecule has 0 radical (unpaired) electrons. The molecule has 1 aromatic carbocycles. The zero-order valence-corrected chi connectivity index (χ0v) is 11.4. The van der Waals surface area contributed by atoms with Gasteiger partial charge in [0.25, 0.3) is 6.43 Å². The molecule has 1 N–H and O–H groups in total. The van der Waals surface area contributed by atoms with Crippen molar-refractivity contribution in [3.05, 3.63) is 23.8 Å². The normalized spacial score (nSPS) is 10.8. The van der Waals surface area contributed by atoms with Crippen molar-refractivity contribution in [2.24, 2.45) is 0 Å². The summed E-state index contributed by atoms with van der Waals surface area (Å²) >= 11 is 0. The van der Waals surface area contributed by atoms with Gasteiger partial charge in [0.1, 0.15) is 6.61 Å². The van der Waals surface area contributed by atoms with Gasteiger partial charge in [-0.25, -0.2) is 8.78 Å². The summed E-state index contributed by atoms with van der Waals surface area (Å²) in [6.45, 7) is 5.21. The van der Waals surface area contributed by atoms with Crippen LogP contribution in [-0.2, 0) is 6.54 Å². The Labute approximate surface area is 112 Å². The molecule has 1 aromatic rings. The van der Waals surface area contributed by atoms with Gasteiger partial charge in [-0.1, -0.05) is 19.1 Å². The highest BCUT2D eigenvalue weighted by Gasteiger charge is 2.13. The minimum Gasteiger partial charge on any atom is -0.490 e. The minimum atomic E-state index is -2.49. The van der Waals surface area contributed by atoms with Gasteiger partial charge in [0.2, 0.25) is 0 Å². The fourth-order valence-electron chi connectivity index (χ4n) is 1.68. The topological polar surface area (TPSA) is 30.5 Å². The highest BCUT2D eigenvalue weighted by molar-refractivity contribution is 5.46. The molecule has 19 heavy (non-hydrogen) atoms. The maximum atomic E-state index is 12.3. The molecule has 0 aliphatic heterocycles. The predicted molar refractivity (Wildman–Crippen MR) is 71.1 cm³/mol. The van der Waals surface area contributed by atoms with E-state index < -0.39 is 13.0 Å². The van der Waals surface area contributed by atoms with Crippen LogP contribution >= 0.6 is 0 Å². The summed E-state index contributed by atoms with van der Waals surface area (Å²) in [6.07, 6.45) is -1.48. The van der Waals surface area contributed by atoms with Crippen molar-refractivity contribution in [1.82, 2.24) is 5.32 Å². The van der Waals surface area contributed by atoms with Crippen LogP contribution in [0.4, 0.5) is 8.78 Å². The predicted octanol–water partition coefficient (Wildman–Crippen LogP) is 3.23. The van der Waals surface area contributed by atoms with Gasteiger partial charge >= 0.3 is 0 Å². The van der Waals surface area contributed by atoms with Crippen LogP contribution in [0, 0.1) is 0 Å². The molecular formula is C14H21F2NO2. The van der Waals surface area contributed by atoms with E-state index in [-0.39, 0.29) is 0 Å². The van der Waals surface area contributed by atoms with E-state index in [9.17, 15) is 8.78 Å². The van der Waals surface area contributed by atoms with E-state index in [0.29, 0.717) is 24.7 Å². The molecule has 108 valence electrons. The molecule has 0 bridgehead atoms. The first-order valence-electron chi connectivity index (χ1n) is 6.55. The van der Waals surface area contributed by atoms with E-state index in [1.54, 1.807) is 6.07 Å². The number of nitrogens with one attached hydrogen (secondary N) is 1. The first kappa shape index (κ1) is 15.7. The Balaban J connectivity index is 2.83. The molecule has 0 heterocycles. The Bertz CT molecular complexity index is 372. The summed E-state index contributed by atoms with van der Waals surface area (Å²) in [6, 6.07) is 5.42. The largest absolute Gasteiger partial charge is 0.490 e. The van der Waals surface area contributed by atoms with Crippen LogP contribution in [0.2, 0.25) is 0 Å². The van der Waals surface area contributed by atoms with Crippen molar-refractivity contribution in [1.29, 1.82) is 0 Å². The van der Waals surface area contributed by atoms with Crippen molar-refractivity contribution in [2.45, 2.75) is 33.2 Å². The van der Waals surface area contributed by atoms with Gasteiger partial charge in [0.05, 0.1) is 6.61 Å². The molecule has 0 fully saturated rings. The number of hydrogen-bond donors (Lipinski definition) is 1. The number of halogens is 2. The van der Waals surface area contributed by atoms with Gasteiger partial charge in [-0.2, -0.15) is 0 Å². The Hall–Kier alpha value is -1.36. The first-order valence-corrected chi connectivity index (χ1v) is 6.55. The van der Waals surface area contributed by atoms with Crippen molar-refractivity contribution < 1.29 is 18.3 Å². The van der Waals surface area contributed by atoms with E-state index >= 15 is 0 Å². The second-order valence-corrected chi connectivity index (χ2v) is 4.06. The lowest BCUT2D eigenvalue weighted by atomic mass is 10.2. The minimum absolute atomic E-state index is 0.410. The van der Waals surface area contributed by atoms with Crippen LogP contribution < -0.4 is 14.8 Å². The quantitative estimate of drug-likeness (QED) is 0.701. The smallest absolute Gasteiger partial charge is 0.272 e. The molecule has 0 amide bonds. The molecule has 0 atom stereocenters. The van der Waals surface area contributed by atoms with Crippen molar-refractivity contribution in [3.63, 3.8) is 0 Å². The highest BCUT2D eigenvalue weighted by Crippen LogP contribution is 2.31. The number of alkyl halides is 2. The molecule has 0 aromatic heterocycles. The fraction of sp³-hybridized carbons (Fsp3) is 0.571. The molecule has 3 nitrogen and oxygen atoms in total. The molecule has 0 aliphatic carbocycles. The summed E-state index contributed by atoms with van der Waals surface area (Å²) in [5, 5.41) is 3.23. The van der Waals surface area contributed by atoms with Crippen LogP contribution in [0.1, 0.15) is 25.8 Å². The zero-order chi connectivity index (χ0) is 14.1. The summed E-state index contributed by atoms with van der Waals surface area (Å²) in [7, 11) is 0. The van der Waals surface area contributed by atoms with Gasteiger partial charge in [-0.15, -0.1) is 0 Å². The molecule has 5 heteroatoms. The van der Waals surface area contributed by atoms with E-state index in [2.05, 4.69) is 12.2 Å². The lowest BCUT2D eigenvalue weighted by molar-refractivity contribution is 0.0795. The number of benzene rings is 1. The molecule has 0 saturated carbocycles. The van der Waals surface area contributed by atoms with Crippen LogP contribution in [0.25, 0.3) is 0 Å². The van der Waals surface area contributed by atoms with Crippen LogP contribution in [0.5, 0.6) is 11.5 Å². The Kier molecular flexibility index (Phi) is 7.18. The van der Waals surface area contributed by atoms with Gasteiger partial charge in [-0.05, 0) is 26.0 Å². The van der Waals surface area contributed by atoms with Crippen LogP contribution in [0.15, 0.2) is 18.2 Å². The molecule has 0 aliphatic rings. The zero-order valence-electron chi connectivity index (χ0n) is 11.4. The van der Waals surface area contributed by atoms with Gasteiger partial charge < -0.3 is 14.8 Å². The third-order valence-corrected chi connectivity index (χ3v) is 2.46. The molecule has 0 spiro atoms. The number of rotatable bonds is 9. The van der Waals surface area contributed by atoms with E-state index in [1.165, 1.54) is 0 Å². The Morgan fingerprint density at radius 3 is 2.63 bits per heavy atom. The summed E-state index contributed by atoms with van der Waals surface area (Å²) < 4.78 is 35.2. The summed E-state index contributed by atoms with van der Waals surface area (Å²) in [5.74, 6) is 0.923. The lowest BCUT2D eigenvalue weighted by Gasteiger charge is -2.16. The maximum absolute atomic E-state index is 12.3. The average molecular weight is 273 g/mol. The number of hydrogen-bond acceptors (Lipinski definition) is 3. The SMILES string of the molecule is CCCNCc1cccc(OCC)c1OCC(F)F. The van der Waals surface area contributed by atoms with Crippen molar-refractivity contribution in [2.75, 3.05) is 19.8 Å². The Morgan fingerprint density at radius 1 is 1.21 bits per heavy atom. The van der Waals surface area contributed by atoms with Crippen LogP contribution in [0.3, 0.4) is 0 Å². The van der Waals surface area contributed by atoms with Crippen LogP contribution in [-0.4, -0.2) is 26.2 Å². The molecular weight excluding hydrogens is 252 g/mol. The molecule has 0 saturated heterocycles. The second kappa shape index (κ2) is 8.69. The Morgan fingerprint density at radius 2 is 2.00 bits per heavy atom. The average Bonchev–Trinajstić information content (AvgIpc) is 2.38. The fourth-order valence-corrected chi connectivity index (χ4v) is 1.68. The number of ether oxygens (including phenoxy) is 2. The summed E-state index contributed by atoms with van der Waals surface area (Å²) in [5.41, 5.74) is 0.833. The summed E-state index contributed by atoms with van der Waals surface area (Å²) in [4.78, 5) is 0. The van der Waals surface area contributed by atoms with E-state index in [0.717, 1.165) is 18.5 Å². The van der Waals surface area contributed by atoms with Gasteiger partial charge in [0.15, 0.2) is 11.5 Å². The van der Waals surface area contributed by atoms with Gasteiger partial charge in [0, 0.05) is 12.1 Å².